The molecule has 4 aromatic rings. The number of aromatic amines is 1. The second-order valence-electron chi connectivity index (χ2n) is 10.0. The maximum atomic E-state index is 14.8. The first-order valence-corrected chi connectivity index (χ1v) is 13.7. The molecule has 252 valence electrons. The fourth-order valence-corrected chi connectivity index (χ4v) is 4.83. The van der Waals surface area contributed by atoms with E-state index in [0.717, 1.165) is 11.0 Å². The number of anilines is 2. The minimum atomic E-state index is -1.74. The van der Waals surface area contributed by atoms with Crippen LogP contribution in [-0.4, -0.2) is 74.2 Å². The number of aromatic carboxylic acids is 1. The summed E-state index contributed by atoms with van der Waals surface area (Å²) >= 11 is 0. The Hall–Kier alpha value is 1.79. The van der Waals surface area contributed by atoms with Crippen molar-refractivity contribution in [3.8, 4) is 22.6 Å². The topological polar surface area (TPSA) is 241 Å². The number of aromatic nitrogens is 1. The third kappa shape index (κ3) is 16.8. The van der Waals surface area contributed by atoms with Crippen molar-refractivity contribution >= 4 is 52.1 Å². The number of carboxylic acids is 5. The first-order chi connectivity index (χ1) is 22.7. The van der Waals surface area contributed by atoms with Crippen LogP contribution in [0, 0.1) is 11.6 Å². The number of carboxylic acid groups (broad SMARTS) is 5. The van der Waals surface area contributed by atoms with Gasteiger partial charge in [-0.3, -0.25) is 0 Å². The molecule has 53 heavy (non-hydrogen) atoms. The van der Waals surface area contributed by atoms with Crippen molar-refractivity contribution in [3.63, 3.8) is 0 Å². The van der Waals surface area contributed by atoms with E-state index in [9.17, 15) is 58.3 Å². The van der Waals surface area contributed by atoms with E-state index in [1.165, 1.54) is 36.4 Å². The van der Waals surface area contributed by atoms with E-state index in [2.05, 4.69) is 4.98 Å². The zero-order chi connectivity index (χ0) is 35.1. The molecule has 0 fully saturated rings. The number of carbonyl (C=O) groups excluding carboxylic acids is 5. The molecule has 0 bridgehead atoms. The van der Waals surface area contributed by atoms with Crippen molar-refractivity contribution in [3.05, 3.63) is 71.9 Å². The number of hydrogen-bond donors (Lipinski definition) is 1. The van der Waals surface area contributed by atoms with Crippen molar-refractivity contribution in [2.75, 3.05) is 49.2 Å². The average molecular weight is 862 g/mol. The zero-order valence-electron chi connectivity index (χ0n) is 29.5. The molecule has 0 saturated carbocycles. The Morgan fingerprint density at radius 1 is 0.642 bits per heavy atom. The van der Waals surface area contributed by atoms with Gasteiger partial charge in [0.05, 0.1) is 67.4 Å². The molecule has 0 aliphatic carbocycles. The third-order valence-electron chi connectivity index (χ3n) is 6.77. The van der Waals surface area contributed by atoms with E-state index >= 15 is 0 Å². The Kier molecular flexibility index (Phi) is 29.6. The molecule has 0 amide bonds. The SMILES string of the molecule is O=C([O-])CN(CC(=O)[O-])c1ccc(-c2c[nH]c3cc(C(=O)[O-])ccc23)cc1OCCOc1c(N(CC(=O)[O-])CC(=O)[O-])ccc(F)c1F.[K+].[K+].[K+].[K+].[K+]. The minimum Gasteiger partial charge on any atom is -0.548 e. The van der Waals surface area contributed by atoms with E-state index in [0.29, 0.717) is 33.0 Å². The quantitative estimate of drug-likeness (QED) is 0.0767. The number of ether oxygens (including phenoxy) is 2. The molecule has 1 N–H and O–H groups in total. The summed E-state index contributed by atoms with van der Waals surface area (Å²) in [5.41, 5.74) is 0.791. The number of H-pyrrole nitrogens is 1. The molecule has 1 aromatic heterocycles. The number of hydrogen-bond acceptors (Lipinski definition) is 14. The Morgan fingerprint density at radius 3 is 1.68 bits per heavy atom. The molecule has 0 saturated heterocycles. The van der Waals surface area contributed by atoms with Gasteiger partial charge in [-0.1, -0.05) is 18.2 Å². The normalized spacial score (nSPS) is 9.77. The van der Waals surface area contributed by atoms with Gasteiger partial charge in [-0.05, 0) is 41.5 Å². The van der Waals surface area contributed by atoms with E-state index in [-0.39, 0.29) is 274 Å². The zero-order valence-corrected chi connectivity index (χ0v) is 45.1. The number of benzene rings is 3. The van der Waals surface area contributed by atoms with Crippen LogP contribution >= 0.6 is 0 Å². The molecule has 0 radical (unpaired) electrons. The Morgan fingerprint density at radius 2 is 1.15 bits per heavy atom. The van der Waals surface area contributed by atoms with Gasteiger partial charge in [0.1, 0.15) is 19.0 Å². The van der Waals surface area contributed by atoms with Crippen LogP contribution in [0.15, 0.2) is 54.7 Å². The van der Waals surface area contributed by atoms with Gasteiger partial charge in [0, 0.05) is 22.7 Å². The molecule has 0 atom stereocenters. The summed E-state index contributed by atoms with van der Waals surface area (Å²) < 4.78 is 40.0. The summed E-state index contributed by atoms with van der Waals surface area (Å²) in [6.07, 6.45) is 1.55. The van der Waals surface area contributed by atoms with Crippen molar-refractivity contribution in [1.82, 2.24) is 4.98 Å². The van der Waals surface area contributed by atoms with Gasteiger partial charge in [-0.15, -0.1) is 0 Å². The molecule has 15 nitrogen and oxygen atoms in total. The summed E-state index contributed by atoms with van der Waals surface area (Å²) in [6.45, 7) is -4.95. The summed E-state index contributed by atoms with van der Waals surface area (Å²) in [5, 5.41) is 57.0. The summed E-state index contributed by atoms with van der Waals surface area (Å²) in [4.78, 5) is 60.9. The van der Waals surface area contributed by atoms with Gasteiger partial charge >= 0.3 is 257 Å². The van der Waals surface area contributed by atoms with Crippen molar-refractivity contribution in [2.45, 2.75) is 0 Å². The average Bonchev–Trinajstić information content (AvgIpc) is 3.43. The van der Waals surface area contributed by atoms with Gasteiger partial charge in [0.2, 0.25) is 5.82 Å². The smallest absolute Gasteiger partial charge is 0.548 e. The maximum absolute atomic E-state index is 14.8. The van der Waals surface area contributed by atoms with Crippen LogP contribution in [0.4, 0.5) is 20.2 Å². The number of aliphatic carboxylic acids is 4. The van der Waals surface area contributed by atoms with Crippen LogP contribution in [0.5, 0.6) is 11.5 Å². The van der Waals surface area contributed by atoms with Gasteiger partial charge in [-0.2, -0.15) is 4.39 Å². The number of rotatable bonds is 17. The molecule has 22 heteroatoms. The predicted octanol–water partition coefficient (Wildman–Crippen LogP) is -18.4. The Bertz CT molecular complexity index is 1890. The molecule has 4 rings (SSSR count). The van der Waals surface area contributed by atoms with Crippen molar-refractivity contribution in [2.24, 2.45) is 0 Å². The second kappa shape index (κ2) is 27.5. The van der Waals surface area contributed by atoms with Gasteiger partial charge in [0.15, 0.2) is 11.6 Å². The summed E-state index contributed by atoms with van der Waals surface area (Å²) in [6, 6.07) is 9.94. The van der Waals surface area contributed by atoms with Gasteiger partial charge in [-0.25, -0.2) is 4.39 Å². The maximum Gasteiger partial charge on any atom is 1.00 e. The van der Waals surface area contributed by atoms with Gasteiger partial charge in [0.25, 0.3) is 0 Å². The predicted molar refractivity (Wildman–Crippen MR) is 150 cm³/mol. The largest absolute Gasteiger partial charge is 1.00 e. The molecular weight excluding hydrogens is 840 g/mol. The molecule has 3 aromatic carbocycles. The number of fused-ring (bicyclic) bond motifs is 1. The standard InChI is InChI=1S/C31H27F2N3O12.5K/c32-20-4-6-23(36(14-27(41)42)15-28(43)44)30(29(20)33)48-8-7-47-24-10-16(2-5-22(24)35(12-25(37)38)13-26(39)40)19-11-34-21-9-17(31(45)46)1-3-18(19)21;;;;;/h1-6,9-11,34H,7-8,12-15H2,(H,37,38)(H,39,40)(H,41,42)(H,43,44)(H,45,46);;;;;/q;5*+1/p-5. The minimum absolute atomic E-state index is 0. The van der Waals surface area contributed by atoms with Crippen LogP contribution in [0.2, 0.25) is 0 Å². The first-order valence-electron chi connectivity index (χ1n) is 13.7. The van der Waals surface area contributed by atoms with Crippen molar-refractivity contribution in [1.29, 1.82) is 0 Å². The number of carbonyl (C=O) groups is 5. The number of halogens is 2. The fourth-order valence-electron chi connectivity index (χ4n) is 4.83. The fraction of sp³-hybridized carbons (Fsp3) is 0.194. The summed E-state index contributed by atoms with van der Waals surface area (Å²) in [7, 11) is 0. The number of nitrogens with one attached hydrogen (secondary N) is 1. The van der Waals surface area contributed by atoms with Crippen LogP contribution in [0.1, 0.15) is 10.4 Å². The van der Waals surface area contributed by atoms with Crippen LogP contribution in [0.3, 0.4) is 0 Å². The molecule has 0 spiro atoms. The number of nitrogens with zero attached hydrogens (tertiary/aromatic N) is 2. The first kappa shape index (κ1) is 56.9. The van der Waals surface area contributed by atoms with E-state index in [1.54, 1.807) is 6.20 Å². The molecule has 0 aliphatic rings. The van der Waals surface area contributed by atoms with E-state index in [1.807, 2.05) is 0 Å². The van der Waals surface area contributed by atoms with Crippen LogP contribution in [-0.2, 0) is 19.2 Å². The van der Waals surface area contributed by atoms with E-state index in [4.69, 9.17) is 9.47 Å². The Balaban J connectivity index is 0. The molecular formula is C31H22F2K5N3O12. The molecule has 1 heterocycles. The monoisotopic (exact) mass is 861 g/mol. The van der Waals surface area contributed by atoms with Crippen LogP contribution in [0.25, 0.3) is 22.0 Å². The summed E-state index contributed by atoms with van der Waals surface area (Å²) in [5.74, 6) is -12.1. The van der Waals surface area contributed by atoms with E-state index < -0.39 is 92.3 Å². The van der Waals surface area contributed by atoms with Crippen molar-refractivity contribution < 1.29 is 325 Å². The second-order valence-corrected chi connectivity index (χ2v) is 10.0. The van der Waals surface area contributed by atoms with Crippen LogP contribution < -0.4 is 302 Å². The molecule has 0 unspecified atom stereocenters. The third-order valence-corrected chi connectivity index (χ3v) is 6.77. The van der Waals surface area contributed by atoms with Gasteiger partial charge < -0.3 is 73.8 Å². The molecule has 0 aliphatic heterocycles. The Labute approximate surface area is 513 Å².